The molecule has 0 bridgehead atoms. The summed E-state index contributed by atoms with van der Waals surface area (Å²) in [5.41, 5.74) is -3.20. The van der Waals surface area contributed by atoms with E-state index in [1.165, 1.54) is 0 Å². The average Bonchev–Trinajstić information content (AvgIpc) is 2.24. The molecule has 6 nitrogen and oxygen atoms in total. The van der Waals surface area contributed by atoms with E-state index in [0.29, 0.717) is 12.8 Å². The highest BCUT2D eigenvalue weighted by atomic mass is 16.3. The molecule has 0 saturated heterocycles. The van der Waals surface area contributed by atoms with Crippen LogP contribution in [0.5, 0.6) is 0 Å². The van der Waals surface area contributed by atoms with Crippen LogP contribution in [0.4, 0.5) is 0 Å². The largest absolute Gasteiger partial charge is 0.388 e. The van der Waals surface area contributed by atoms with Gasteiger partial charge < -0.3 is 20.8 Å². The molecule has 6 heteroatoms. The Labute approximate surface area is 132 Å². The molecule has 0 radical (unpaired) electrons. The Kier molecular flexibility index (Phi) is 5.30. The van der Waals surface area contributed by atoms with Gasteiger partial charge in [-0.15, -0.1) is 0 Å². The number of hydrogen-bond acceptors (Lipinski definition) is 4. The van der Waals surface area contributed by atoms with E-state index < -0.39 is 28.7 Å². The van der Waals surface area contributed by atoms with E-state index in [0.717, 1.165) is 6.42 Å². The lowest BCUT2D eigenvalue weighted by Crippen LogP contribution is -2.61. The second-order valence-corrected chi connectivity index (χ2v) is 7.63. The maximum Gasteiger partial charge on any atom is 0.236 e. The molecule has 0 aromatic rings. The molecular weight excluding hydrogens is 284 g/mol. The van der Waals surface area contributed by atoms with Gasteiger partial charge in [-0.05, 0) is 54.4 Å². The first-order chi connectivity index (χ1) is 9.80. The van der Waals surface area contributed by atoms with Gasteiger partial charge in [-0.3, -0.25) is 9.59 Å². The summed E-state index contributed by atoms with van der Waals surface area (Å²) in [6.45, 7) is 9.87. The number of aliphatic hydroxyl groups is 2. The molecule has 4 N–H and O–H groups in total. The van der Waals surface area contributed by atoms with Gasteiger partial charge >= 0.3 is 0 Å². The van der Waals surface area contributed by atoms with Crippen molar-refractivity contribution in [3.63, 3.8) is 0 Å². The lowest BCUT2D eigenvalue weighted by Gasteiger charge is -2.42. The van der Waals surface area contributed by atoms with Crippen molar-refractivity contribution in [2.75, 3.05) is 0 Å². The standard InChI is InChI=1S/C16H30N2O4/c1-10(14(3,4)21)17-12(19)16(8-7-9-16)13(20)18-11(2)15(5,6)22/h10-11,21-22H,7-9H2,1-6H3,(H,17,19)(H,18,20)/t10-,11-/m1/s1. The predicted molar refractivity (Wildman–Crippen MR) is 84.1 cm³/mol. The van der Waals surface area contributed by atoms with Gasteiger partial charge in [-0.2, -0.15) is 0 Å². The van der Waals surface area contributed by atoms with Crippen LogP contribution in [-0.4, -0.2) is 45.3 Å². The zero-order valence-corrected chi connectivity index (χ0v) is 14.5. The summed E-state index contributed by atoms with van der Waals surface area (Å²) in [5, 5.41) is 25.4. The summed E-state index contributed by atoms with van der Waals surface area (Å²) in [6, 6.07) is -0.922. The predicted octanol–water partition coefficient (Wildman–Crippen LogP) is 0.708. The number of nitrogens with one attached hydrogen (secondary N) is 2. The summed E-state index contributed by atoms with van der Waals surface area (Å²) in [7, 11) is 0. The lowest BCUT2D eigenvalue weighted by molar-refractivity contribution is -0.152. The summed E-state index contributed by atoms with van der Waals surface area (Å²) in [6.07, 6.45) is 1.79. The van der Waals surface area contributed by atoms with E-state index in [4.69, 9.17) is 0 Å². The van der Waals surface area contributed by atoms with Gasteiger partial charge in [0.15, 0.2) is 0 Å². The van der Waals surface area contributed by atoms with Crippen LogP contribution in [0.15, 0.2) is 0 Å². The zero-order chi connectivity index (χ0) is 17.3. The molecule has 0 heterocycles. The van der Waals surface area contributed by atoms with Gasteiger partial charge in [0.25, 0.3) is 0 Å². The zero-order valence-electron chi connectivity index (χ0n) is 14.5. The van der Waals surface area contributed by atoms with Crippen LogP contribution >= 0.6 is 0 Å². The van der Waals surface area contributed by atoms with Gasteiger partial charge in [-0.1, -0.05) is 6.42 Å². The highest BCUT2D eigenvalue weighted by Crippen LogP contribution is 2.42. The van der Waals surface area contributed by atoms with Gasteiger partial charge in [0.05, 0.1) is 23.3 Å². The van der Waals surface area contributed by atoms with Gasteiger partial charge in [0.1, 0.15) is 5.41 Å². The Bertz CT molecular complexity index is 394. The van der Waals surface area contributed by atoms with Crippen molar-refractivity contribution in [2.45, 2.75) is 84.1 Å². The first-order valence-electron chi connectivity index (χ1n) is 7.87. The topological polar surface area (TPSA) is 98.7 Å². The smallest absolute Gasteiger partial charge is 0.236 e. The van der Waals surface area contributed by atoms with E-state index in [1.807, 2.05) is 0 Å². The fourth-order valence-corrected chi connectivity index (χ4v) is 2.11. The summed E-state index contributed by atoms with van der Waals surface area (Å²) >= 11 is 0. The second-order valence-electron chi connectivity index (χ2n) is 7.63. The van der Waals surface area contributed by atoms with Crippen LogP contribution in [0.25, 0.3) is 0 Å². The molecule has 1 aliphatic rings. The van der Waals surface area contributed by atoms with Crippen LogP contribution in [0.3, 0.4) is 0 Å². The van der Waals surface area contributed by atoms with Crippen LogP contribution in [0.2, 0.25) is 0 Å². The Hall–Kier alpha value is -1.14. The van der Waals surface area contributed by atoms with Crippen LogP contribution < -0.4 is 10.6 Å². The van der Waals surface area contributed by atoms with E-state index in [9.17, 15) is 19.8 Å². The minimum absolute atomic E-state index is 0.353. The lowest BCUT2D eigenvalue weighted by atomic mass is 9.67. The fourth-order valence-electron chi connectivity index (χ4n) is 2.11. The Morgan fingerprint density at radius 3 is 1.41 bits per heavy atom. The average molecular weight is 314 g/mol. The van der Waals surface area contributed by atoms with Crippen molar-refractivity contribution in [3.8, 4) is 0 Å². The van der Waals surface area contributed by atoms with Gasteiger partial charge in [0.2, 0.25) is 11.8 Å². The van der Waals surface area contributed by atoms with E-state index in [1.54, 1.807) is 41.5 Å². The Morgan fingerprint density at radius 1 is 0.909 bits per heavy atom. The maximum atomic E-state index is 12.5. The van der Waals surface area contributed by atoms with Crippen molar-refractivity contribution in [1.82, 2.24) is 10.6 Å². The maximum absolute atomic E-state index is 12.5. The van der Waals surface area contributed by atoms with Gasteiger partial charge in [-0.25, -0.2) is 0 Å². The van der Waals surface area contributed by atoms with Crippen molar-refractivity contribution < 1.29 is 19.8 Å². The normalized spacial score (nSPS) is 20.5. The quantitative estimate of drug-likeness (QED) is 0.543. The van der Waals surface area contributed by atoms with Crippen molar-refractivity contribution in [3.05, 3.63) is 0 Å². The third-order valence-electron chi connectivity index (χ3n) is 4.89. The van der Waals surface area contributed by atoms with Crippen LogP contribution in [0.1, 0.15) is 60.8 Å². The molecule has 2 atom stereocenters. The van der Waals surface area contributed by atoms with Crippen molar-refractivity contribution in [2.24, 2.45) is 5.41 Å². The number of carbonyl (C=O) groups excluding carboxylic acids is 2. The Balaban J connectivity index is 2.80. The number of hydrogen-bond donors (Lipinski definition) is 4. The summed E-state index contributed by atoms with van der Waals surface area (Å²) in [5.74, 6) is -0.706. The molecule has 1 aliphatic carbocycles. The molecule has 0 aliphatic heterocycles. The number of amides is 2. The van der Waals surface area contributed by atoms with Crippen molar-refractivity contribution >= 4 is 11.8 Å². The molecule has 0 spiro atoms. The summed E-state index contributed by atoms with van der Waals surface area (Å²) in [4.78, 5) is 25.1. The van der Waals surface area contributed by atoms with Gasteiger partial charge in [0, 0.05) is 0 Å². The SMILES string of the molecule is C[C@@H](NC(=O)C1(C(=O)N[C@H](C)C(C)(C)O)CCC1)C(C)(C)O. The van der Waals surface area contributed by atoms with E-state index in [-0.39, 0.29) is 11.8 Å². The molecule has 0 aromatic heterocycles. The minimum atomic E-state index is -1.08. The molecule has 0 aromatic carbocycles. The van der Waals surface area contributed by atoms with Crippen LogP contribution in [0, 0.1) is 5.41 Å². The number of carbonyl (C=O) groups is 2. The molecule has 0 unspecified atom stereocenters. The van der Waals surface area contributed by atoms with Crippen LogP contribution in [-0.2, 0) is 9.59 Å². The highest BCUT2D eigenvalue weighted by Gasteiger charge is 2.52. The van der Waals surface area contributed by atoms with E-state index in [2.05, 4.69) is 10.6 Å². The van der Waals surface area contributed by atoms with E-state index >= 15 is 0 Å². The molecular formula is C16H30N2O4. The Morgan fingerprint density at radius 2 is 1.23 bits per heavy atom. The summed E-state index contributed by atoms with van der Waals surface area (Å²) < 4.78 is 0. The molecule has 2 amide bonds. The molecule has 1 rings (SSSR count). The number of rotatable bonds is 6. The second kappa shape index (κ2) is 6.16. The fraction of sp³-hybridized carbons (Fsp3) is 0.875. The monoisotopic (exact) mass is 314 g/mol. The first-order valence-corrected chi connectivity index (χ1v) is 7.87. The molecule has 128 valence electrons. The van der Waals surface area contributed by atoms with Crippen molar-refractivity contribution in [1.29, 1.82) is 0 Å². The third-order valence-corrected chi connectivity index (χ3v) is 4.89. The third kappa shape index (κ3) is 3.98. The molecule has 1 saturated carbocycles. The molecule has 22 heavy (non-hydrogen) atoms. The highest BCUT2D eigenvalue weighted by molar-refractivity contribution is 6.06. The molecule has 1 fully saturated rings. The minimum Gasteiger partial charge on any atom is -0.388 e. The first kappa shape index (κ1) is 18.9.